The van der Waals surface area contributed by atoms with Crippen molar-refractivity contribution in [3.05, 3.63) is 115 Å². The van der Waals surface area contributed by atoms with E-state index in [4.69, 9.17) is 9.97 Å². The van der Waals surface area contributed by atoms with Crippen LogP contribution in [0.25, 0.3) is 22.6 Å². The molecule has 2 aliphatic carbocycles. The summed E-state index contributed by atoms with van der Waals surface area (Å²) in [6.07, 6.45) is 19.3. The Balaban J connectivity index is 0.000000155. The molecule has 9 rings (SSSR count). The molecule has 15 heteroatoms. The number of hydrogen-bond donors (Lipinski definition) is 2. The minimum absolute atomic E-state index is 0.515. The maximum absolute atomic E-state index is 11.4. The fourth-order valence-electron chi connectivity index (χ4n) is 7.45. The van der Waals surface area contributed by atoms with Crippen molar-refractivity contribution in [1.29, 1.82) is 0 Å². The van der Waals surface area contributed by atoms with E-state index >= 15 is 0 Å². The Morgan fingerprint density at radius 2 is 1.30 bits per heavy atom. The van der Waals surface area contributed by atoms with Gasteiger partial charge < -0.3 is 15.8 Å². The molecule has 12 nitrogen and oxygen atoms in total. The molecule has 0 amide bonds. The summed E-state index contributed by atoms with van der Waals surface area (Å²) < 4.78 is 10.3. The van der Waals surface area contributed by atoms with Crippen LogP contribution in [0.1, 0.15) is 98.6 Å². The predicted octanol–water partition coefficient (Wildman–Crippen LogP) is 9.46. The molecule has 0 unspecified atom stereocenters. The van der Waals surface area contributed by atoms with Gasteiger partial charge in [-0.25, -0.2) is 9.97 Å². The first kappa shape index (κ1) is 36.5. The second-order valence-corrected chi connectivity index (χ2v) is 16.3. The van der Waals surface area contributed by atoms with E-state index in [1.165, 1.54) is 93.2 Å². The Labute approximate surface area is 334 Å². The lowest BCUT2D eigenvalue weighted by Gasteiger charge is -2.22. The predicted molar refractivity (Wildman–Crippen MR) is 218 cm³/mol. The molecular formula is C39H41Br2N11OS. The molecule has 2 aliphatic rings. The fourth-order valence-corrected chi connectivity index (χ4v) is 8.61. The van der Waals surface area contributed by atoms with Gasteiger partial charge in [0.15, 0.2) is 23.7 Å². The lowest BCUT2D eigenvalue weighted by molar-refractivity contribution is -0.605. The van der Waals surface area contributed by atoms with E-state index in [1.807, 2.05) is 26.7 Å². The summed E-state index contributed by atoms with van der Waals surface area (Å²) in [6.45, 7) is 1.28. The smallest absolute Gasteiger partial charge is 0.185 e. The van der Waals surface area contributed by atoms with Crippen molar-refractivity contribution in [2.45, 2.75) is 89.1 Å². The first-order valence-electron chi connectivity index (χ1n) is 18.6. The van der Waals surface area contributed by atoms with Crippen LogP contribution in [0.15, 0.2) is 87.6 Å². The van der Waals surface area contributed by atoms with Crippen LogP contribution >= 0.6 is 43.4 Å². The summed E-state index contributed by atoms with van der Waals surface area (Å²) in [6, 6.07) is 16.4. The third-order valence-corrected chi connectivity index (χ3v) is 12.0. The first-order chi connectivity index (χ1) is 26.5. The van der Waals surface area contributed by atoms with E-state index in [-0.39, 0.29) is 0 Å². The largest absolute Gasteiger partial charge is 0.619 e. The number of pyridine rings is 1. The SMILES string of the molecule is Brc1cnn2c(NCc3ccc(-c4csnn4)cc3)cc(C3CCCCC3)nc12.[O-][n+]1cccc(CNc2cc(C3CCCCC3)nc3c(Br)cnn23)c1. The quantitative estimate of drug-likeness (QED) is 0.107. The molecule has 54 heavy (non-hydrogen) atoms. The average molecular weight is 872 g/mol. The van der Waals surface area contributed by atoms with E-state index < -0.39 is 0 Å². The van der Waals surface area contributed by atoms with Gasteiger partial charge in [0.2, 0.25) is 0 Å². The molecule has 2 N–H and O–H groups in total. The van der Waals surface area contributed by atoms with Crippen molar-refractivity contribution in [2.75, 3.05) is 10.6 Å². The lowest BCUT2D eigenvalue weighted by atomic mass is 9.87. The third-order valence-electron chi connectivity index (χ3n) is 10.3. The zero-order valence-electron chi connectivity index (χ0n) is 29.7. The van der Waals surface area contributed by atoms with Crippen molar-refractivity contribution >= 4 is 66.3 Å². The molecule has 0 aliphatic heterocycles. The van der Waals surface area contributed by atoms with Gasteiger partial charge in [-0.1, -0.05) is 67.3 Å². The molecule has 1 aromatic carbocycles. The minimum Gasteiger partial charge on any atom is -0.619 e. The Kier molecular flexibility index (Phi) is 11.4. The number of nitrogens with zero attached hydrogens (tertiary/aromatic N) is 9. The van der Waals surface area contributed by atoms with E-state index in [2.05, 4.69) is 98.7 Å². The number of rotatable bonds is 9. The lowest BCUT2D eigenvalue weighted by Crippen LogP contribution is -2.25. The Bertz CT molecular complexity index is 2320. The highest BCUT2D eigenvalue weighted by Crippen LogP contribution is 2.35. The highest BCUT2D eigenvalue weighted by molar-refractivity contribution is 9.11. The summed E-state index contributed by atoms with van der Waals surface area (Å²) in [5.41, 5.74) is 8.14. The van der Waals surface area contributed by atoms with Crippen molar-refractivity contribution in [1.82, 2.24) is 38.8 Å². The van der Waals surface area contributed by atoms with Gasteiger partial charge in [0.25, 0.3) is 0 Å². The number of halogens is 2. The Morgan fingerprint density at radius 3 is 1.81 bits per heavy atom. The van der Waals surface area contributed by atoms with Crippen LogP contribution in [0.5, 0.6) is 0 Å². The van der Waals surface area contributed by atoms with Crippen molar-refractivity contribution < 1.29 is 4.73 Å². The highest BCUT2D eigenvalue weighted by Gasteiger charge is 2.21. The third kappa shape index (κ3) is 8.42. The summed E-state index contributed by atoms with van der Waals surface area (Å²) in [5.74, 6) is 2.94. The van der Waals surface area contributed by atoms with E-state index in [0.717, 1.165) is 65.7 Å². The summed E-state index contributed by atoms with van der Waals surface area (Å²) in [7, 11) is 0. The van der Waals surface area contributed by atoms with Crippen LogP contribution in [0.2, 0.25) is 0 Å². The van der Waals surface area contributed by atoms with Gasteiger partial charge in [-0.05, 0) is 80.7 Å². The zero-order chi connectivity index (χ0) is 36.9. The summed E-state index contributed by atoms with van der Waals surface area (Å²) in [4.78, 5) is 9.76. The molecular weight excluding hydrogens is 830 g/mol. The molecule has 0 spiro atoms. The van der Waals surface area contributed by atoms with Gasteiger partial charge in [-0.2, -0.15) is 24.0 Å². The number of anilines is 2. The average Bonchev–Trinajstić information content (AvgIpc) is 3.98. The number of benzene rings is 1. The van der Waals surface area contributed by atoms with Crippen molar-refractivity contribution in [2.24, 2.45) is 0 Å². The minimum atomic E-state index is 0.515. The molecule has 0 radical (unpaired) electrons. The fraction of sp³-hybridized carbons (Fsp3) is 0.359. The van der Waals surface area contributed by atoms with E-state index in [0.29, 0.717) is 18.4 Å². The molecule has 7 aromatic rings. The van der Waals surface area contributed by atoms with Crippen LogP contribution in [0.4, 0.5) is 11.6 Å². The number of aromatic nitrogens is 9. The van der Waals surface area contributed by atoms with Crippen LogP contribution in [-0.4, -0.2) is 38.8 Å². The van der Waals surface area contributed by atoms with Crippen LogP contribution in [-0.2, 0) is 13.1 Å². The maximum atomic E-state index is 11.4. The molecule has 6 aromatic heterocycles. The second-order valence-electron chi connectivity index (χ2n) is 14.0. The zero-order valence-corrected chi connectivity index (χ0v) is 33.7. The molecule has 0 saturated heterocycles. The Hall–Kier alpha value is -4.47. The molecule has 2 saturated carbocycles. The van der Waals surface area contributed by atoms with E-state index in [1.54, 1.807) is 18.5 Å². The standard InChI is InChI=1S/C21H21BrN6S.C18H20BrN5O/c22-17-12-24-28-20(10-18(25-21(17)28)15-4-2-1-3-5-15)23-11-14-6-8-16(9-7-14)19-13-29-27-26-19;19-15-11-21-24-17(20-10-13-5-4-8-23(25)12-13)9-16(22-18(15)24)14-6-2-1-3-7-14/h6-10,12-13,15,23H,1-5,11H2;4-5,8-9,11-12,14,20H,1-3,6-7,10H2. The summed E-state index contributed by atoms with van der Waals surface area (Å²) >= 11 is 8.51. The topological polar surface area (TPSA) is 137 Å². The van der Waals surface area contributed by atoms with Crippen molar-refractivity contribution in [3.63, 3.8) is 0 Å². The highest BCUT2D eigenvalue weighted by atomic mass is 79.9. The van der Waals surface area contributed by atoms with Crippen LogP contribution in [0, 0.1) is 5.21 Å². The molecule has 6 heterocycles. The van der Waals surface area contributed by atoms with Gasteiger partial charge in [0.1, 0.15) is 17.3 Å². The van der Waals surface area contributed by atoms with Gasteiger partial charge in [-0.15, -0.1) is 5.10 Å². The molecule has 2 fully saturated rings. The molecule has 0 atom stereocenters. The second kappa shape index (κ2) is 16.9. The number of hydrogen-bond acceptors (Lipinski definition) is 10. The van der Waals surface area contributed by atoms with Crippen LogP contribution < -0.4 is 15.4 Å². The first-order valence-corrected chi connectivity index (χ1v) is 21.0. The van der Waals surface area contributed by atoms with Crippen molar-refractivity contribution in [3.8, 4) is 11.3 Å². The number of fused-ring (bicyclic) bond motifs is 2. The van der Waals surface area contributed by atoms with Gasteiger partial charge in [0.05, 0.1) is 21.3 Å². The van der Waals surface area contributed by atoms with Gasteiger partial charge in [-0.3, -0.25) is 0 Å². The van der Waals surface area contributed by atoms with Gasteiger partial charge in [0, 0.05) is 71.0 Å². The normalized spacial score (nSPS) is 15.3. The molecule has 0 bridgehead atoms. The summed E-state index contributed by atoms with van der Waals surface area (Å²) in [5, 5.41) is 33.4. The molecule has 278 valence electrons. The van der Waals surface area contributed by atoms with E-state index in [9.17, 15) is 5.21 Å². The Morgan fingerprint density at radius 1 is 0.741 bits per heavy atom. The monoisotopic (exact) mass is 869 g/mol. The van der Waals surface area contributed by atoms with Gasteiger partial charge >= 0.3 is 0 Å². The maximum Gasteiger partial charge on any atom is 0.185 e. The van der Waals surface area contributed by atoms with Crippen LogP contribution in [0.3, 0.4) is 0 Å². The number of nitrogens with one attached hydrogen (secondary N) is 2.